The van der Waals surface area contributed by atoms with Crippen LogP contribution < -0.4 is 9.47 Å². The van der Waals surface area contributed by atoms with E-state index in [2.05, 4.69) is 13.2 Å². The topological polar surface area (TPSA) is 52.6 Å². The van der Waals surface area contributed by atoms with Crippen LogP contribution in [0.3, 0.4) is 0 Å². The minimum atomic E-state index is -0.344. The van der Waals surface area contributed by atoms with E-state index in [4.69, 9.17) is 9.47 Å². The monoisotopic (exact) mass is 302 g/mol. The lowest BCUT2D eigenvalue weighted by atomic mass is 10.1. The maximum atomic E-state index is 11.8. The van der Waals surface area contributed by atoms with Gasteiger partial charge in [-0.3, -0.25) is 9.59 Å². The Morgan fingerprint density at radius 2 is 1.41 bits per heavy atom. The third-order valence-corrected chi connectivity index (χ3v) is 3.09. The highest BCUT2D eigenvalue weighted by molar-refractivity contribution is 5.76. The van der Waals surface area contributed by atoms with Gasteiger partial charge in [0, 0.05) is 6.07 Å². The first-order valence-electron chi connectivity index (χ1n) is 7.23. The number of allylic oxidation sites excluding steroid dienone is 2. The molecule has 0 saturated heterocycles. The third kappa shape index (κ3) is 5.56. The maximum Gasteiger partial charge on any atom is 0.314 e. The second kappa shape index (κ2) is 8.82. The zero-order valence-electron chi connectivity index (χ0n) is 13.1. The van der Waals surface area contributed by atoms with Gasteiger partial charge in [0.2, 0.25) is 0 Å². The van der Waals surface area contributed by atoms with Gasteiger partial charge in [-0.25, -0.2) is 0 Å². The van der Waals surface area contributed by atoms with Crippen LogP contribution in [0.2, 0.25) is 0 Å². The Labute approximate surface area is 131 Å². The first-order valence-corrected chi connectivity index (χ1v) is 7.23. The predicted octanol–water partition coefficient (Wildman–Crippen LogP) is 3.92. The fourth-order valence-corrected chi connectivity index (χ4v) is 1.73. The SMILES string of the molecule is C=CCC(C)C(=O)Oc1cccc(OC(=O)C(C)CC=C)c1. The van der Waals surface area contributed by atoms with E-state index in [1.807, 2.05) is 0 Å². The summed E-state index contributed by atoms with van der Waals surface area (Å²) < 4.78 is 10.5. The van der Waals surface area contributed by atoms with Crippen LogP contribution in [0.5, 0.6) is 11.5 Å². The summed E-state index contributed by atoms with van der Waals surface area (Å²) >= 11 is 0. The molecular weight excluding hydrogens is 280 g/mol. The highest BCUT2D eigenvalue weighted by Gasteiger charge is 2.16. The summed E-state index contributed by atoms with van der Waals surface area (Å²) in [5.41, 5.74) is 0. The first kappa shape index (κ1) is 17.7. The minimum Gasteiger partial charge on any atom is -0.426 e. The fourth-order valence-electron chi connectivity index (χ4n) is 1.73. The van der Waals surface area contributed by atoms with E-state index in [0.717, 1.165) is 0 Å². The second-order valence-electron chi connectivity index (χ2n) is 5.17. The number of hydrogen-bond acceptors (Lipinski definition) is 4. The molecule has 4 nitrogen and oxygen atoms in total. The molecule has 0 aliphatic rings. The van der Waals surface area contributed by atoms with Gasteiger partial charge < -0.3 is 9.47 Å². The molecule has 118 valence electrons. The van der Waals surface area contributed by atoms with Crippen LogP contribution in [0.4, 0.5) is 0 Å². The highest BCUT2D eigenvalue weighted by atomic mass is 16.5. The van der Waals surface area contributed by atoms with E-state index >= 15 is 0 Å². The molecule has 0 bridgehead atoms. The average Bonchev–Trinajstić information content (AvgIpc) is 2.48. The summed E-state index contributed by atoms with van der Waals surface area (Å²) in [6.07, 6.45) is 4.44. The van der Waals surface area contributed by atoms with Gasteiger partial charge in [-0.1, -0.05) is 32.1 Å². The molecule has 4 heteroatoms. The molecule has 0 amide bonds. The largest absolute Gasteiger partial charge is 0.426 e. The molecule has 2 atom stereocenters. The highest BCUT2D eigenvalue weighted by Crippen LogP contribution is 2.22. The lowest BCUT2D eigenvalue weighted by Crippen LogP contribution is -2.18. The van der Waals surface area contributed by atoms with E-state index in [9.17, 15) is 9.59 Å². The van der Waals surface area contributed by atoms with Gasteiger partial charge in [-0.05, 0) is 25.0 Å². The van der Waals surface area contributed by atoms with E-state index in [0.29, 0.717) is 24.3 Å². The number of ether oxygens (including phenoxy) is 2. The molecule has 0 spiro atoms. The number of benzene rings is 1. The molecule has 0 radical (unpaired) electrons. The standard InChI is InChI=1S/C18H22O4/c1-5-8-13(3)17(19)21-15-10-7-11-16(12-15)22-18(20)14(4)9-6-2/h5-7,10-14H,1-2,8-9H2,3-4H3. The van der Waals surface area contributed by atoms with E-state index in [1.165, 1.54) is 6.07 Å². The van der Waals surface area contributed by atoms with Crippen molar-refractivity contribution in [3.05, 3.63) is 49.6 Å². The Balaban J connectivity index is 2.69. The molecule has 1 rings (SSSR count). The molecule has 1 aromatic rings. The molecule has 22 heavy (non-hydrogen) atoms. The summed E-state index contributed by atoms with van der Waals surface area (Å²) in [6, 6.07) is 6.48. The maximum absolute atomic E-state index is 11.8. The molecule has 1 aromatic carbocycles. The summed E-state index contributed by atoms with van der Waals surface area (Å²) in [5, 5.41) is 0. The third-order valence-electron chi connectivity index (χ3n) is 3.09. The Morgan fingerprint density at radius 3 is 1.77 bits per heavy atom. The van der Waals surface area contributed by atoms with Crippen LogP contribution in [0.15, 0.2) is 49.6 Å². The van der Waals surface area contributed by atoms with E-state index in [1.54, 1.807) is 44.2 Å². The number of rotatable bonds is 8. The van der Waals surface area contributed by atoms with Crippen molar-refractivity contribution in [3.63, 3.8) is 0 Å². The molecule has 0 aromatic heterocycles. The van der Waals surface area contributed by atoms with Crippen molar-refractivity contribution in [3.8, 4) is 11.5 Å². The van der Waals surface area contributed by atoms with Gasteiger partial charge in [0.25, 0.3) is 0 Å². The lowest BCUT2D eigenvalue weighted by Gasteiger charge is -2.12. The molecule has 0 saturated carbocycles. The zero-order chi connectivity index (χ0) is 16.5. The normalized spacial score (nSPS) is 12.8. The van der Waals surface area contributed by atoms with Crippen LogP contribution >= 0.6 is 0 Å². The number of esters is 2. The summed E-state index contributed by atoms with van der Waals surface area (Å²) in [7, 11) is 0. The van der Waals surface area contributed by atoms with Crippen LogP contribution in [0.1, 0.15) is 26.7 Å². The van der Waals surface area contributed by atoms with Gasteiger partial charge >= 0.3 is 11.9 Å². The Kier molecular flexibility index (Phi) is 7.09. The Morgan fingerprint density at radius 1 is 1.00 bits per heavy atom. The van der Waals surface area contributed by atoms with E-state index < -0.39 is 0 Å². The van der Waals surface area contributed by atoms with Gasteiger partial charge in [0.1, 0.15) is 11.5 Å². The summed E-state index contributed by atoms with van der Waals surface area (Å²) in [4.78, 5) is 23.7. The molecule has 0 aliphatic heterocycles. The number of hydrogen-bond donors (Lipinski definition) is 0. The zero-order valence-corrected chi connectivity index (χ0v) is 13.1. The summed E-state index contributed by atoms with van der Waals surface area (Å²) in [5.74, 6) is -0.524. The molecular formula is C18H22O4. The van der Waals surface area contributed by atoms with Crippen molar-refractivity contribution in [1.29, 1.82) is 0 Å². The molecule has 0 fully saturated rings. The van der Waals surface area contributed by atoms with Crippen LogP contribution in [0.25, 0.3) is 0 Å². The fraction of sp³-hybridized carbons (Fsp3) is 0.333. The second-order valence-corrected chi connectivity index (χ2v) is 5.17. The number of carbonyl (C=O) groups is 2. The number of carbonyl (C=O) groups excluding carboxylic acids is 2. The van der Waals surface area contributed by atoms with Gasteiger partial charge in [-0.2, -0.15) is 0 Å². The Bertz CT molecular complexity index is 503. The summed E-state index contributed by atoms with van der Waals surface area (Å²) in [6.45, 7) is 10.7. The lowest BCUT2D eigenvalue weighted by molar-refractivity contribution is -0.138. The first-order chi connectivity index (χ1) is 10.5. The van der Waals surface area contributed by atoms with Crippen LogP contribution in [-0.2, 0) is 9.59 Å². The average molecular weight is 302 g/mol. The molecule has 0 aliphatic carbocycles. The minimum absolute atomic E-state index is 0.267. The van der Waals surface area contributed by atoms with Gasteiger partial charge in [0.15, 0.2) is 0 Å². The smallest absolute Gasteiger partial charge is 0.314 e. The van der Waals surface area contributed by atoms with Crippen molar-refractivity contribution in [1.82, 2.24) is 0 Å². The van der Waals surface area contributed by atoms with Crippen molar-refractivity contribution in [2.45, 2.75) is 26.7 Å². The molecule has 0 heterocycles. The van der Waals surface area contributed by atoms with Crippen molar-refractivity contribution in [2.75, 3.05) is 0 Å². The Hall–Kier alpha value is -2.36. The van der Waals surface area contributed by atoms with Gasteiger partial charge in [0.05, 0.1) is 11.8 Å². The van der Waals surface area contributed by atoms with Crippen molar-refractivity contribution < 1.29 is 19.1 Å². The molecule has 2 unspecified atom stereocenters. The van der Waals surface area contributed by atoms with Crippen molar-refractivity contribution >= 4 is 11.9 Å². The van der Waals surface area contributed by atoms with Crippen LogP contribution in [0, 0.1) is 11.8 Å². The predicted molar refractivity (Wildman–Crippen MR) is 85.7 cm³/mol. The molecule has 0 N–H and O–H groups in total. The van der Waals surface area contributed by atoms with E-state index in [-0.39, 0.29) is 23.8 Å². The van der Waals surface area contributed by atoms with Crippen LogP contribution in [-0.4, -0.2) is 11.9 Å². The van der Waals surface area contributed by atoms with Crippen molar-refractivity contribution in [2.24, 2.45) is 11.8 Å². The quantitative estimate of drug-likeness (QED) is 0.415. The van der Waals surface area contributed by atoms with Gasteiger partial charge in [-0.15, -0.1) is 13.2 Å².